The van der Waals surface area contributed by atoms with Gasteiger partial charge >= 0.3 is 0 Å². The van der Waals surface area contributed by atoms with Gasteiger partial charge in [0.2, 0.25) is 10.0 Å². The number of rotatable bonds is 5. The van der Waals surface area contributed by atoms with Gasteiger partial charge in [-0.15, -0.1) is 0 Å². The van der Waals surface area contributed by atoms with E-state index in [1.165, 1.54) is 18.5 Å². The molecule has 3 aromatic rings. The van der Waals surface area contributed by atoms with Crippen molar-refractivity contribution in [1.82, 2.24) is 18.9 Å². The Hall–Kier alpha value is -2.82. The molecule has 0 saturated heterocycles. The van der Waals surface area contributed by atoms with Gasteiger partial charge in [-0.25, -0.2) is 31.7 Å². The van der Waals surface area contributed by atoms with Crippen LogP contribution in [-0.2, 0) is 10.0 Å². The van der Waals surface area contributed by atoms with E-state index in [1.54, 1.807) is 31.2 Å². The lowest BCUT2D eigenvalue weighted by Crippen LogP contribution is -2.43. The minimum atomic E-state index is -3.98. The third kappa shape index (κ3) is 4.23. The molecule has 35 heavy (non-hydrogen) atoms. The molecule has 8 nitrogen and oxygen atoms in total. The summed E-state index contributed by atoms with van der Waals surface area (Å²) in [6, 6.07) is 3.25. The Kier molecular flexibility index (Phi) is 6.14. The van der Waals surface area contributed by atoms with Crippen molar-refractivity contribution in [3.05, 3.63) is 59.8 Å². The zero-order valence-electron chi connectivity index (χ0n) is 19.2. The monoisotopic (exact) mass is 516 g/mol. The minimum absolute atomic E-state index is 0.0455. The van der Waals surface area contributed by atoms with Crippen LogP contribution in [0.4, 0.5) is 10.2 Å². The summed E-state index contributed by atoms with van der Waals surface area (Å²) in [6.07, 6.45) is 13.0. The summed E-state index contributed by atoms with van der Waals surface area (Å²) in [5.74, 6) is -0.362. The molecular weight excluding hydrogens is 491 g/mol. The normalized spacial score (nSPS) is 25.0. The Bertz CT molecular complexity index is 1450. The van der Waals surface area contributed by atoms with Crippen molar-refractivity contribution < 1.29 is 12.8 Å². The highest BCUT2D eigenvalue weighted by Crippen LogP contribution is 2.36. The summed E-state index contributed by atoms with van der Waals surface area (Å²) in [5.41, 5.74) is 6.88. The van der Waals surface area contributed by atoms with Gasteiger partial charge in [-0.3, -0.25) is 0 Å². The molecule has 0 aromatic carbocycles. The Morgan fingerprint density at radius 2 is 2.09 bits per heavy atom. The van der Waals surface area contributed by atoms with Crippen LogP contribution in [0.3, 0.4) is 0 Å². The van der Waals surface area contributed by atoms with Crippen LogP contribution in [0.5, 0.6) is 0 Å². The van der Waals surface area contributed by atoms with Gasteiger partial charge in [0, 0.05) is 40.5 Å². The van der Waals surface area contributed by atoms with Crippen LogP contribution in [0, 0.1) is 5.82 Å². The second-order valence-corrected chi connectivity index (χ2v) is 12.0. The third-order valence-corrected chi connectivity index (χ3v) is 9.24. The van der Waals surface area contributed by atoms with Crippen molar-refractivity contribution in [2.45, 2.75) is 55.9 Å². The lowest BCUT2D eigenvalue weighted by Gasteiger charge is -2.29. The summed E-state index contributed by atoms with van der Waals surface area (Å²) in [7, 11) is -3.98. The van der Waals surface area contributed by atoms with E-state index < -0.39 is 20.6 Å². The zero-order valence-corrected chi connectivity index (χ0v) is 20.7. The molecule has 0 spiro atoms. The first-order chi connectivity index (χ1) is 16.7. The standard InChI is InChI=1S/C24H26ClFN6O2S/c1-24(10-4-6-15(25)12-24)35(33,34)32-14-17(16-7-5-11-28-23(16)32)21-29-13-18(26)22(31-21)30-20-9-3-2-8-19(20)27/h4-7,11-14,19-20H,2-3,8-10,27H2,1H3,(H,29,30,31)/t19-,20-,24?/m0/s1. The van der Waals surface area contributed by atoms with E-state index in [9.17, 15) is 12.8 Å². The van der Waals surface area contributed by atoms with E-state index >= 15 is 0 Å². The van der Waals surface area contributed by atoms with Gasteiger partial charge in [0.15, 0.2) is 23.1 Å². The van der Waals surface area contributed by atoms with Gasteiger partial charge in [-0.2, -0.15) is 0 Å². The fourth-order valence-corrected chi connectivity index (χ4v) is 6.76. The van der Waals surface area contributed by atoms with Gasteiger partial charge in [0.25, 0.3) is 0 Å². The zero-order chi connectivity index (χ0) is 24.8. The topological polar surface area (TPSA) is 116 Å². The summed E-state index contributed by atoms with van der Waals surface area (Å²) in [5, 5.41) is 4.02. The van der Waals surface area contributed by atoms with Gasteiger partial charge in [0.05, 0.1) is 6.20 Å². The molecule has 0 radical (unpaired) electrons. The Balaban J connectivity index is 1.60. The molecular formula is C24H26ClFN6O2S. The maximum Gasteiger partial charge on any atom is 0.249 e. The summed E-state index contributed by atoms with van der Waals surface area (Å²) in [6.45, 7) is 1.62. The quantitative estimate of drug-likeness (QED) is 0.518. The highest BCUT2D eigenvalue weighted by molar-refractivity contribution is 7.91. The second kappa shape index (κ2) is 9.00. The van der Waals surface area contributed by atoms with Crippen LogP contribution in [0.2, 0.25) is 0 Å². The highest BCUT2D eigenvalue weighted by Gasteiger charge is 2.40. The Morgan fingerprint density at radius 1 is 1.29 bits per heavy atom. The average molecular weight is 517 g/mol. The molecule has 3 heterocycles. The maximum absolute atomic E-state index is 14.6. The summed E-state index contributed by atoms with van der Waals surface area (Å²) in [4.78, 5) is 12.9. The number of nitrogens with one attached hydrogen (secondary N) is 1. The van der Waals surface area contributed by atoms with Crippen molar-refractivity contribution >= 4 is 38.5 Å². The number of pyridine rings is 1. The van der Waals surface area contributed by atoms with Crippen LogP contribution in [0.1, 0.15) is 39.0 Å². The predicted octanol–water partition coefficient (Wildman–Crippen LogP) is 4.33. The van der Waals surface area contributed by atoms with Crippen LogP contribution in [-0.4, -0.2) is 44.2 Å². The summed E-state index contributed by atoms with van der Waals surface area (Å²) >= 11 is 6.15. The highest BCUT2D eigenvalue weighted by atomic mass is 35.5. The minimum Gasteiger partial charge on any atom is -0.363 e. The van der Waals surface area contributed by atoms with Crippen LogP contribution < -0.4 is 11.1 Å². The number of halogens is 2. The second-order valence-electron chi connectivity index (χ2n) is 9.26. The molecule has 3 atom stereocenters. The Morgan fingerprint density at radius 3 is 2.86 bits per heavy atom. The number of fused-ring (bicyclic) bond motifs is 1. The van der Waals surface area contributed by atoms with Gasteiger partial charge in [-0.1, -0.05) is 30.5 Å². The molecule has 0 aliphatic heterocycles. The van der Waals surface area contributed by atoms with Crippen LogP contribution in [0.25, 0.3) is 22.4 Å². The number of nitrogens with zero attached hydrogens (tertiary/aromatic N) is 4. The summed E-state index contributed by atoms with van der Waals surface area (Å²) < 4.78 is 42.1. The first-order valence-electron chi connectivity index (χ1n) is 11.5. The number of allylic oxidation sites excluding steroid dienone is 3. The fourth-order valence-electron chi connectivity index (χ4n) is 4.71. The SMILES string of the molecule is CC1(S(=O)(=O)n2cc(-c3ncc(F)c(N[C@H]4CCCC[C@@H]4N)n3)c3cccnc32)C=C(Cl)C=CC1. The van der Waals surface area contributed by atoms with Crippen LogP contribution >= 0.6 is 11.6 Å². The van der Waals surface area contributed by atoms with Crippen molar-refractivity contribution in [3.8, 4) is 11.4 Å². The van der Waals surface area contributed by atoms with Crippen molar-refractivity contribution in [1.29, 1.82) is 0 Å². The smallest absolute Gasteiger partial charge is 0.249 e. The van der Waals surface area contributed by atoms with Gasteiger partial charge < -0.3 is 11.1 Å². The number of nitrogens with two attached hydrogens (primary N) is 1. The molecule has 1 fully saturated rings. The largest absolute Gasteiger partial charge is 0.363 e. The first-order valence-corrected chi connectivity index (χ1v) is 13.3. The predicted molar refractivity (Wildman–Crippen MR) is 135 cm³/mol. The van der Waals surface area contributed by atoms with E-state index in [-0.39, 0.29) is 35.8 Å². The van der Waals surface area contributed by atoms with Crippen molar-refractivity contribution in [2.75, 3.05) is 5.32 Å². The Labute approximate surface area is 208 Å². The van der Waals surface area contributed by atoms with E-state index in [0.29, 0.717) is 16.0 Å². The first kappa shape index (κ1) is 23.9. The van der Waals surface area contributed by atoms with E-state index in [2.05, 4.69) is 20.3 Å². The average Bonchev–Trinajstić information content (AvgIpc) is 3.22. The molecule has 0 amide bonds. The molecule has 184 valence electrons. The maximum atomic E-state index is 14.6. The van der Waals surface area contributed by atoms with E-state index in [4.69, 9.17) is 17.3 Å². The lowest BCUT2D eigenvalue weighted by molar-refractivity contribution is 0.402. The third-order valence-electron chi connectivity index (χ3n) is 6.75. The molecule has 3 aromatic heterocycles. The number of hydrogen-bond donors (Lipinski definition) is 2. The molecule has 2 aliphatic carbocycles. The lowest BCUT2D eigenvalue weighted by atomic mass is 9.91. The molecule has 1 saturated carbocycles. The number of aromatic nitrogens is 4. The fraction of sp³-hybridized carbons (Fsp3) is 0.375. The van der Waals surface area contributed by atoms with E-state index in [1.807, 2.05) is 0 Å². The van der Waals surface area contributed by atoms with Crippen LogP contribution in [0.15, 0.2) is 54.0 Å². The molecule has 11 heteroatoms. The molecule has 0 bridgehead atoms. The molecule has 2 aliphatic rings. The van der Waals surface area contributed by atoms with Gasteiger partial charge in [-0.05, 0) is 50.5 Å². The number of anilines is 1. The molecule has 1 unspecified atom stereocenters. The van der Waals surface area contributed by atoms with Gasteiger partial charge in [0.1, 0.15) is 4.75 Å². The van der Waals surface area contributed by atoms with Crippen molar-refractivity contribution in [2.24, 2.45) is 5.73 Å². The van der Waals surface area contributed by atoms with Crippen molar-refractivity contribution in [3.63, 3.8) is 0 Å². The molecule has 5 rings (SSSR count). The number of hydrogen-bond acceptors (Lipinski definition) is 7. The molecule has 3 N–H and O–H groups in total. The van der Waals surface area contributed by atoms with E-state index in [0.717, 1.165) is 35.9 Å².